The minimum absolute atomic E-state index is 0.449. The number of rotatable bonds is 6. The van der Waals surface area contributed by atoms with Crippen LogP contribution in [0.5, 0.6) is 0 Å². The predicted molar refractivity (Wildman–Crippen MR) is 80.6 cm³/mol. The molecule has 1 fully saturated rings. The maximum Gasteiger partial charge on any atom is 0.252 e. The van der Waals surface area contributed by atoms with E-state index >= 15 is 0 Å². The van der Waals surface area contributed by atoms with Gasteiger partial charge in [-0.25, -0.2) is 8.42 Å². The summed E-state index contributed by atoms with van der Waals surface area (Å²) in [5.41, 5.74) is 0. The molecule has 0 amide bonds. The summed E-state index contributed by atoms with van der Waals surface area (Å²) in [6.07, 6.45) is 1.88. The van der Waals surface area contributed by atoms with Gasteiger partial charge in [-0.05, 0) is 30.8 Å². The topological polar surface area (TPSA) is 49.9 Å². The van der Waals surface area contributed by atoms with E-state index in [1.165, 1.54) is 11.3 Å². The van der Waals surface area contributed by atoms with Gasteiger partial charge in [-0.1, -0.05) is 6.07 Å². The first-order valence-electron chi connectivity index (χ1n) is 6.89. The van der Waals surface area contributed by atoms with Gasteiger partial charge in [-0.3, -0.25) is 0 Å². The second kappa shape index (κ2) is 7.51. The molecule has 1 aromatic rings. The third-order valence-electron chi connectivity index (χ3n) is 3.46. The highest BCUT2D eigenvalue weighted by Crippen LogP contribution is 2.22. The van der Waals surface area contributed by atoms with Crippen molar-refractivity contribution in [2.45, 2.75) is 17.1 Å². The molecule has 1 aliphatic heterocycles. The van der Waals surface area contributed by atoms with Crippen molar-refractivity contribution in [2.24, 2.45) is 0 Å². The zero-order valence-corrected chi connectivity index (χ0v) is 13.5. The normalized spacial score (nSPS) is 19.1. The number of hydrogen-bond acceptors (Lipinski definition) is 5. The second-order valence-corrected chi connectivity index (χ2v) is 7.99. The molecule has 0 aromatic carbocycles. The largest absolute Gasteiger partial charge is 0.385 e. The van der Waals surface area contributed by atoms with Gasteiger partial charge in [-0.15, -0.1) is 11.3 Å². The van der Waals surface area contributed by atoms with Crippen LogP contribution in [-0.4, -0.2) is 64.1 Å². The molecule has 1 aromatic heterocycles. The lowest BCUT2D eigenvalue weighted by atomic mass is 10.3. The van der Waals surface area contributed by atoms with Crippen LogP contribution in [0.2, 0.25) is 0 Å². The van der Waals surface area contributed by atoms with E-state index in [-0.39, 0.29) is 0 Å². The van der Waals surface area contributed by atoms with E-state index in [0.717, 1.165) is 39.1 Å². The Kier molecular flexibility index (Phi) is 5.98. The highest BCUT2D eigenvalue weighted by molar-refractivity contribution is 7.91. The first kappa shape index (κ1) is 15.9. The zero-order valence-electron chi connectivity index (χ0n) is 11.8. The summed E-state index contributed by atoms with van der Waals surface area (Å²) in [5, 5.41) is 1.81. The van der Waals surface area contributed by atoms with Gasteiger partial charge in [0.25, 0.3) is 10.0 Å². The summed E-state index contributed by atoms with van der Waals surface area (Å²) in [6, 6.07) is 3.47. The van der Waals surface area contributed by atoms with E-state index in [1.807, 2.05) is 5.38 Å². The molecule has 0 spiro atoms. The van der Waals surface area contributed by atoms with Gasteiger partial charge in [0.05, 0.1) is 0 Å². The molecule has 0 unspecified atom stereocenters. The average molecular weight is 318 g/mol. The van der Waals surface area contributed by atoms with Gasteiger partial charge in [0, 0.05) is 39.9 Å². The first-order chi connectivity index (χ1) is 9.64. The molecule has 5 nitrogen and oxygen atoms in total. The van der Waals surface area contributed by atoms with E-state index < -0.39 is 10.0 Å². The van der Waals surface area contributed by atoms with Crippen LogP contribution in [0.15, 0.2) is 21.7 Å². The Morgan fingerprint density at radius 2 is 2.15 bits per heavy atom. The number of nitrogens with zero attached hydrogens (tertiary/aromatic N) is 2. The lowest BCUT2D eigenvalue weighted by molar-refractivity contribution is 0.173. The van der Waals surface area contributed by atoms with E-state index in [4.69, 9.17) is 4.74 Å². The van der Waals surface area contributed by atoms with Gasteiger partial charge in [0.2, 0.25) is 0 Å². The van der Waals surface area contributed by atoms with Crippen molar-refractivity contribution in [2.75, 3.05) is 46.4 Å². The lowest BCUT2D eigenvalue weighted by Gasteiger charge is -2.21. The van der Waals surface area contributed by atoms with Crippen molar-refractivity contribution in [1.29, 1.82) is 0 Å². The minimum Gasteiger partial charge on any atom is -0.385 e. The molecule has 1 saturated heterocycles. The van der Waals surface area contributed by atoms with Crippen LogP contribution < -0.4 is 0 Å². The van der Waals surface area contributed by atoms with Gasteiger partial charge in [-0.2, -0.15) is 4.31 Å². The van der Waals surface area contributed by atoms with Crippen LogP contribution in [0.25, 0.3) is 0 Å². The molecule has 0 N–H and O–H groups in total. The fourth-order valence-corrected chi connectivity index (χ4v) is 5.00. The number of ether oxygens (including phenoxy) is 1. The van der Waals surface area contributed by atoms with Crippen LogP contribution in [0.4, 0.5) is 0 Å². The highest BCUT2D eigenvalue weighted by atomic mass is 32.2. The van der Waals surface area contributed by atoms with Gasteiger partial charge in [0.15, 0.2) is 0 Å². The van der Waals surface area contributed by atoms with E-state index in [9.17, 15) is 8.42 Å². The van der Waals surface area contributed by atoms with Gasteiger partial charge < -0.3 is 9.64 Å². The molecular formula is C13H22N2O3S2. The lowest BCUT2D eigenvalue weighted by Crippen LogP contribution is -2.35. The third kappa shape index (κ3) is 4.02. The monoisotopic (exact) mass is 318 g/mol. The Bertz CT molecular complexity index is 488. The Labute approximate surface area is 125 Å². The molecular weight excluding hydrogens is 296 g/mol. The number of thiophene rings is 1. The quantitative estimate of drug-likeness (QED) is 0.746. The summed E-state index contributed by atoms with van der Waals surface area (Å²) in [4.78, 5) is 2.32. The van der Waals surface area contributed by atoms with E-state index in [2.05, 4.69) is 4.90 Å². The maximum atomic E-state index is 12.5. The summed E-state index contributed by atoms with van der Waals surface area (Å²) >= 11 is 1.29. The summed E-state index contributed by atoms with van der Waals surface area (Å²) in [6.45, 7) is 4.68. The molecule has 20 heavy (non-hydrogen) atoms. The molecule has 0 aliphatic carbocycles. The summed E-state index contributed by atoms with van der Waals surface area (Å²) < 4.78 is 32.1. The molecule has 0 radical (unpaired) electrons. The maximum absolute atomic E-state index is 12.5. The highest BCUT2D eigenvalue weighted by Gasteiger charge is 2.27. The standard InChI is InChI=1S/C13H22N2O3S2/c1-18-11-4-7-14-6-3-8-15(10-9-14)20(16,17)13-5-2-12-19-13/h2,5,12H,3-4,6-11H2,1H3. The van der Waals surface area contributed by atoms with Crippen LogP contribution in [0.1, 0.15) is 12.8 Å². The minimum atomic E-state index is -3.29. The molecule has 0 atom stereocenters. The van der Waals surface area contributed by atoms with Crippen molar-refractivity contribution in [3.05, 3.63) is 17.5 Å². The zero-order chi connectivity index (χ0) is 14.4. The van der Waals surface area contributed by atoms with Crippen LogP contribution in [-0.2, 0) is 14.8 Å². The van der Waals surface area contributed by atoms with Crippen molar-refractivity contribution in [3.63, 3.8) is 0 Å². The third-order valence-corrected chi connectivity index (χ3v) is 6.73. The molecule has 2 heterocycles. The predicted octanol–water partition coefficient (Wildman–Crippen LogP) is 1.48. The van der Waals surface area contributed by atoms with Gasteiger partial charge in [0.1, 0.15) is 4.21 Å². The molecule has 7 heteroatoms. The van der Waals surface area contributed by atoms with Crippen LogP contribution >= 0.6 is 11.3 Å². The Balaban J connectivity index is 1.93. The summed E-state index contributed by atoms with van der Waals surface area (Å²) in [5.74, 6) is 0. The van der Waals surface area contributed by atoms with Crippen molar-refractivity contribution >= 4 is 21.4 Å². The Morgan fingerprint density at radius 3 is 2.85 bits per heavy atom. The van der Waals surface area contributed by atoms with Crippen LogP contribution in [0.3, 0.4) is 0 Å². The summed E-state index contributed by atoms with van der Waals surface area (Å²) in [7, 11) is -1.58. The molecule has 1 aliphatic rings. The second-order valence-electron chi connectivity index (χ2n) is 4.88. The Morgan fingerprint density at radius 1 is 1.30 bits per heavy atom. The number of sulfonamides is 1. The number of methoxy groups -OCH3 is 1. The molecule has 0 saturated carbocycles. The van der Waals surface area contributed by atoms with Crippen molar-refractivity contribution < 1.29 is 13.2 Å². The van der Waals surface area contributed by atoms with E-state index in [1.54, 1.807) is 23.5 Å². The fourth-order valence-electron chi connectivity index (χ4n) is 2.38. The number of hydrogen-bond donors (Lipinski definition) is 0. The van der Waals surface area contributed by atoms with Crippen molar-refractivity contribution in [1.82, 2.24) is 9.21 Å². The first-order valence-corrected chi connectivity index (χ1v) is 9.21. The smallest absolute Gasteiger partial charge is 0.252 e. The molecule has 2 rings (SSSR count). The SMILES string of the molecule is COCCCN1CCCN(S(=O)(=O)c2cccs2)CC1. The molecule has 0 bridgehead atoms. The van der Waals surface area contributed by atoms with Gasteiger partial charge >= 0.3 is 0 Å². The average Bonchev–Trinajstić information content (AvgIpc) is 2.87. The fraction of sp³-hybridized carbons (Fsp3) is 0.692. The van der Waals surface area contributed by atoms with E-state index in [0.29, 0.717) is 17.3 Å². The van der Waals surface area contributed by atoms with Crippen molar-refractivity contribution in [3.8, 4) is 0 Å². The molecule has 114 valence electrons. The Hall–Kier alpha value is -0.470. The van der Waals surface area contributed by atoms with Crippen LogP contribution in [0, 0.1) is 0 Å².